The molecular weight excluding hydrogens is 296 g/mol. The monoisotopic (exact) mass is 316 g/mol. The Labute approximate surface area is 134 Å². The first-order chi connectivity index (χ1) is 10.9. The highest BCUT2D eigenvalue weighted by Crippen LogP contribution is 2.08. The molecule has 0 amide bonds. The van der Waals surface area contributed by atoms with Crippen molar-refractivity contribution in [2.24, 2.45) is 11.5 Å². The van der Waals surface area contributed by atoms with Crippen molar-refractivity contribution < 1.29 is 19.8 Å². The average Bonchev–Trinajstić information content (AvgIpc) is 2.56. The molecule has 6 heteroatoms. The van der Waals surface area contributed by atoms with Crippen LogP contribution in [0, 0.1) is 0 Å². The molecule has 0 aliphatic heterocycles. The maximum Gasteiger partial charge on any atom is 0.325 e. The van der Waals surface area contributed by atoms with Crippen LogP contribution in [-0.4, -0.2) is 28.2 Å². The van der Waals surface area contributed by atoms with Crippen LogP contribution in [0.25, 0.3) is 0 Å². The maximum atomic E-state index is 10.4. The summed E-state index contributed by atoms with van der Waals surface area (Å²) >= 11 is 0. The fraction of sp³-hybridized carbons (Fsp3) is 0.176. The minimum Gasteiger partial charge on any atom is -0.480 e. The molecule has 0 fully saturated rings. The third kappa shape index (κ3) is 6.73. The van der Waals surface area contributed by atoms with E-state index in [1.54, 1.807) is 24.3 Å². The number of hydrogen-bond acceptors (Lipinski definition) is 4. The molecule has 0 saturated heterocycles. The number of aliphatic carboxylic acids is 2. The standard InChI is InChI=1S/C9H11NO2.C8H9NO2/c10-8(9(11)12)6-7-4-2-1-3-5-7;9-7(8(10)11)6-4-2-1-3-5-6/h1-5,8H,6,10H2,(H,11,12);1-5,7H,9H2,(H,10,11)/t8-;7-/m10/s1. The summed E-state index contributed by atoms with van der Waals surface area (Å²) in [4.78, 5) is 20.8. The Morgan fingerprint density at radius 2 is 1.30 bits per heavy atom. The van der Waals surface area contributed by atoms with E-state index in [0.717, 1.165) is 5.56 Å². The Kier molecular flexibility index (Phi) is 7.45. The Morgan fingerprint density at radius 3 is 1.74 bits per heavy atom. The molecule has 0 radical (unpaired) electrons. The van der Waals surface area contributed by atoms with Crippen LogP contribution in [0.3, 0.4) is 0 Å². The van der Waals surface area contributed by atoms with Crippen molar-refractivity contribution in [3.05, 3.63) is 71.8 Å². The molecule has 122 valence electrons. The van der Waals surface area contributed by atoms with E-state index < -0.39 is 24.0 Å². The maximum absolute atomic E-state index is 10.4. The quantitative estimate of drug-likeness (QED) is 0.660. The van der Waals surface area contributed by atoms with Crippen LogP contribution in [0.4, 0.5) is 0 Å². The summed E-state index contributed by atoms with van der Waals surface area (Å²) in [5.74, 6) is -1.96. The molecule has 2 rings (SSSR count). The molecule has 0 bridgehead atoms. The Bertz CT molecular complexity index is 617. The minimum absolute atomic E-state index is 0.385. The SMILES string of the molecule is N[C@H](C(=O)O)c1ccccc1.N[C@H](Cc1ccccc1)C(=O)O. The summed E-state index contributed by atoms with van der Waals surface area (Å²) in [7, 11) is 0. The summed E-state index contributed by atoms with van der Waals surface area (Å²) in [6.45, 7) is 0. The van der Waals surface area contributed by atoms with Crippen LogP contribution in [0.2, 0.25) is 0 Å². The van der Waals surface area contributed by atoms with Gasteiger partial charge in [-0.25, -0.2) is 0 Å². The van der Waals surface area contributed by atoms with Gasteiger partial charge < -0.3 is 21.7 Å². The third-order valence-corrected chi connectivity index (χ3v) is 3.04. The predicted octanol–water partition coefficient (Wildman–Crippen LogP) is 1.41. The number of nitrogens with two attached hydrogens (primary N) is 2. The fourth-order valence-corrected chi connectivity index (χ4v) is 1.76. The molecule has 6 nitrogen and oxygen atoms in total. The van der Waals surface area contributed by atoms with Gasteiger partial charge in [0.25, 0.3) is 0 Å². The second-order valence-corrected chi connectivity index (χ2v) is 4.86. The Morgan fingerprint density at radius 1 is 0.826 bits per heavy atom. The average molecular weight is 316 g/mol. The van der Waals surface area contributed by atoms with Gasteiger partial charge in [0.1, 0.15) is 12.1 Å². The summed E-state index contributed by atoms with van der Waals surface area (Å²) in [6.07, 6.45) is 0.385. The van der Waals surface area contributed by atoms with Crippen molar-refractivity contribution in [1.29, 1.82) is 0 Å². The molecule has 0 aliphatic rings. The zero-order valence-corrected chi connectivity index (χ0v) is 12.5. The van der Waals surface area contributed by atoms with Crippen LogP contribution >= 0.6 is 0 Å². The van der Waals surface area contributed by atoms with Gasteiger partial charge in [-0.3, -0.25) is 9.59 Å². The summed E-state index contributed by atoms with van der Waals surface area (Å²) < 4.78 is 0. The summed E-state index contributed by atoms with van der Waals surface area (Å²) in [5, 5.41) is 17.0. The van der Waals surface area contributed by atoms with Gasteiger partial charge in [0.15, 0.2) is 0 Å². The van der Waals surface area contributed by atoms with Crippen LogP contribution in [0.5, 0.6) is 0 Å². The number of carboxylic acid groups (broad SMARTS) is 2. The zero-order chi connectivity index (χ0) is 17.2. The van der Waals surface area contributed by atoms with E-state index in [4.69, 9.17) is 21.7 Å². The second-order valence-electron chi connectivity index (χ2n) is 4.86. The van der Waals surface area contributed by atoms with Gasteiger partial charge in [0.05, 0.1) is 0 Å². The highest BCUT2D eigenvalue weighted by Gasteiger charge is 2.12. The number of hydrogen-bond donors (Lipinski definition) is 4. The molecule has 2 aromatic carbocycles. The van der Waals surface area contributed by atoms with Crippen LogP contribution in [-0.2, 0) is 16.0 Å². The lowest BCUT2D eigenvalue weighted by Gasteiger charge is -2.04. The van der Waals surface area contributed by atoms with Gasteiger partial charge in [-0.15, -0.1) is 0 Å². The van der Waals surface area contributed by atoms with Crippen molar-refractivity contribution in [2.75, 3.05) is 0 Å². The first kappa shape index (κ1) is 18.3. The van der Waals surface area contributed by atoms with Crippen molar-refractivity contribution in [1.82, 2.24) is 0 Å². The van der Waals surface area contributed by atoms with Gasteiger partial charge in [-0.1, -0.05) is 60.7 Å². The van der Waals surface area contributed by atoms with E-state index in [9.17, 15) is 9.59 Å². The normalized spacial score (nSPS) is 12.4. The molecule has 0 unspecified atom stereocenters. The smallest absolute Gasteiger partial charge is 0.325 e. The van der Waals surface area contributed by atoms with Crippen molar-refractivity contribution in [3.8, 4) is 0 Å². The predicted molar refractivity (Wildman–Crippen MR) is 86.8 cm³/mol. The zero-order valence-electron chi connectivity index (χ0n) is 12.5. The molecule has 0 aliphatic carbocycles. The first-order valence-electron chi connectivity index (χ1n) is 6.97. The van der Waals surface area contributed by atoms with Crippen LogP contribution in [0.15, 0.2) is 60.7 Å². The second kappa shape index (κ2) is 9.34. The lowest BCUT2D eigenvalue weighted by atomic mass is 10.1. The van der Waals surface area contributed by atoms with Crippen LogP contribution < -0.4 is 11.5 Å². The van der Waals surface area contributed by atoms with E-state index in [0.29, 0.717) is 12.0 Å². The molecule has 0 aromatic heterocycles. The molecular formula is C17H20N2O4. The molecule has 23 heavy (non-hydrogen) atoms. The summed E-state index contributed by atoms with van der Waals surface area (Å²) in [5.41, 5.74) is 12.3. The lowest BCUT2D eigenvalue weighted by molar-refractivity contribution is -0.139. The molecule has 0 heterocycles. The molecule has 0 spiro atoms. The lowest BCUT2D eigenvalue weighted by Crippen LogP contribution is -2.32. The van der Waals surface area contributed by atoms with Crippen molar-refractivity contribution >= 4 is 11.9 Å². The highest BCUT2D eigenvalue weighted by atomic mass is 16.4. The van der Waals surface area contributed by atoms with Gasteiger partial charge >= 0.3 is 11.9 Å². The van der Waals surface area contributed by atoms with Gasteiger partial charge in [0, 0.05) is 0 Å². The highest BCUT2D eigenvalue weighted by molar-refractivity contribution is 5.75. The molecule has 2 aromatic rings. The molecule has 6 N–H and O–H groups in total. The van der Waals surface area contributed by atoms with Crippen molar-refractivity contribution in [2.45, 2.75) is 18.5 Å². The van der Waals surface area contributed by atoms with E-state index >= 15 is 0 Å². The van der Waals surface area contributed by atoms with E-state index in [-0.39, 0.29) is 0 Å². The van der Waals surface area contributed by atoms with E-state index in [2.05, 4.69) is 0 Å². The third-order valence-electron chi connectivity index (χ3n) is 3.04. The number of carboxylic acids is 2. The topological polar surface area (TPSA) is 127 Å². The molecule has 0 saturated carbocycles. The number of benzene rings is 2. The van der Waals surface area contributed by atoms with Crippen LogP contribution in [0.1, 0.15) is 17.2 Å². The first-order valence-corrected chi connectivity index (χ1v) is 6.97. The Balaban J connectivity index is 0.000000231. The van der Waals surface area contributed by atoms with Gasteiger partial charge in [-0.2, -0.15) is 0 Å². The van der Waals surface area contributed by atoms with E-state index in [1.165, 1.54) is 0 Å². The minimum atomic E-state index is -1.00. The number of carbonyl (C=O) groups is 2. The Hall–Kier alpha value is -2.70. The molecule has 2 atom stereocenters. The van der Waals surface area contributed by atoms with Gasteiger partial charge in [0.2, 0.25) is 0 Å². The summed E-state index contributed by atoms with van der Waals surface area (Å²) in [6, 6.07) is 16.4. The fourth-order valence-electron chi connectivity index (χ4n) is 1.76. The largest absolute Gasteiger partial charge is 0.480 e. The number of rotatable bonds is 5. The van der Waals surface area contributed by atoms with Gasteiger partial charge in [-0.05, 0) is 17.5 Å². The van der Waals surface area contributed by atoms with E-state index in [1.807, 2.05) is 36.4 Å². The van der Waals surface area contributed by atoms with Crippen molar-refractivity contribution in [3.63, 3.8) is 0 Å².